The van der Waals surface area contributed by atoms with Gasteiger partial charge in [0.2, 0.25) is 0 Å². The second kappa shape index (κ2) is 5.20. The number of carbonyl (C=O) groups excluding carboxylic acids is 1. The fourth-order valence-corrected chi connectivity index (χ4v) is 1.00. The second-order valence-corrected chi connectivity index (χ2v) is 3.35. The lowest BCUT2D eigenvalue weighted by molar-refractivity contribution is 0.0527. The number of nitrogens with zero attached hydrogens (tertiary/aromatic N) is 2. The van der Waals surface area contributed by atoms with Gasteiger partial charge in [0, 0.05) is 14.1 Å². The van der Waals surface area contributed by atoms with Gasteiger partial charge < -0.3 is 15.0 Å². The van der Waals surface area contributed by atoms with E-state index in [1.807, 2.05) is 14.1 Å². The monoisotopic (exact) mass is 224 g/mol. The van der Waals surface area contributed by atoms with Crippen LogP contribution in [-0.4, -0.2) is 41.8 Å². The molecule has 1 aromatic rings. The van der Waals surface area contributed by atoms with Crippen LogP contribution in [0.3, 0.4) is 0 Å². The number of esters is 1. The van der Waals surface area contributed by atoms with Gasteiger partial charge in [0.05, 0.1) is 18.6 Å². The highest BCUT2D eigenvalue weighted by Gasteiger charge is 2.15. The predicted octanol–water partition coefficient (Wildman–Crippen LogP) is 1.03. The largest absolute Gasteiger partial charge is 0.462 e. The number of aromatic nitrogens is 2. The van der Waals surface area contributed by atoms with Gasteiger partial charge in [0.25, 0.3) is 0 Å². The van der Waals surface area contributed by atoms with Gasteiger partial charge in [-0.05, 0) is 6.92 Å². The van der Waals surface area contributed by atoms with Gasteiger partial charge in [-0.3, -0.25) is 5.10 Å². The topological polar surface area (TPSA) is 70.2 Å². The van der Waals surface area contributed by atoms with Gasteiger partial charge in [-0.1, -0.05) is 6.58 Å². The van der Waals surface area contributed by atoms with Crippen molar-refractivity contribution >= 4 is 11.8 Å². The van der Waals surface area contributed by atoms with Crippen LogP contribution >= 0.6 is 0 Å². The third kappa shape index (κ3) is 2.75. The Bertz CT molecular complexity index is 384. The van der Waals surface area contributed by atoms with Gasteiger partial charge in [0.15, 0.2) is 0 Å². The van der Waals surface area contributed by atoms with E-state index in [-0.39, 0.29) is 0 Å². The molecule has 1 heterocycles. The summed E-state index contributed by atoms with van der Waals surface area (Å²) in [6, 6.07) is 0. The third-order valence-corrected chi connectivity index (χ3v) is 1.94. The Kier molecular flexibility index (Phi) is 3.93. The number of H-pyrrole nitrogens is 1. The lowest BCUT2D eigenvalue weighted by Crippen LogP contribution is -2.18. The average Bonchev–Trinajstić information content (AvgIpc) is 2.66. The van der Waals surface area contributed by atoms with E-state index < -0.39 is 5.97 Å². The van der Waals surface area contributed by atoms with E-state index in [4.69, 9.17) is 4.74 Å². The van der Waals surface area contributed by atoms with E-state index in [1.165, 1.54) is 6.20 Å². The normalized spacial score (nSPS) is 9.69. The molecule has 0 bridgehead atoms. The van der Waals surface area contributed by atoms with Crippen molar-refractivity contribution in [2.24, 2.45) is 0 Å². The van der Waals surface area contributed by atoms with Crippen molar-refractivity contribution in [3.63, 3.8) is 0 Å². The minimum absolute atomic E-state index is 0.331. The molecule has 0 saturated heterocycles. The molecule has 0 saturated carbocycles. The number of hydrogen-bond acceptors (Lipinski definition) is 5. The molecule has 0 unspecified atom stereocenters. The Labute approximate surface area is 94.3 Å². The number of rotatable bonds is 5. The van der Waals surface area contributed by atoms with Crippen LogP contribution in [0.15, 0.2) is 18.6 Å². The lowest BCUT2D eigenvalue weighted by atomic mass is 10.3. The van der Waals surface area contributed by atoms with E-state index in [0.29, 0.717) is 23.8 Å². The highest BCUT2D eigenvalue weighted by atomic mass is 16.5. The van der Waals surface area contributed by atoms with Gasteiger partial charge in [-0.15, -0.1) is 0 Å². The fraction of sp³-hybridized carbons (Fsp3) is 0.400. The quantitative estimate of drug-likeness (QED) is 0.731. The van der Waals surface area contributed by atoms with Crippen LogP contribution in [0.4, 0.5) is 5.82 Å². The molecular weight excluding hydrogens is 208 g/mol. The maximum absolute atomic E-state index is 11.5. The summed E-state index contributed by atoms with van der Waals surface area (Å²) in [5.74, 6) is 0.720. The SMILES string of the molecule is C=C(Nc1[nH]ncc1C(=O)OCC)N(C)C. The first kappa shape index (κ1) is 12.1. The molecule has 0 atom stereocenters. The molecule has 0 radical (unpaired) electrons. The minimum Gasteiger partial charge on any atom is -0.462 e. The van der Waals surface area contributed by atoms with Crippen LogP contribution in [0, 0.1) is 0 Å². The first-order chi connectivity index (χ1) is 7.56. The maximum atomic E-state index is 11.5. The zero-order valence-electron chi connectivity index (χ0n) is 9.70. The highest BCUT2D eigenvalue weighted by molar-refractivity contribution is 5.94. The molecule has 0 amide bonds. The van der Waals surface area contributed by atoms with Crippen LogP contribution in [0.5, 0.6) is 0 Å². The molecule has 0 aromatic carbocycles. The van der Waals surface area contributed by atoms with E-state index >= 15 is 0 Å². The number of ether oxygens (including phenoxy) is 1. The van der Waals surface area contributed by atoms with Crippen LogP contribution < -0.4 is 5.32 Å². The van der Waals surface area contributed by atoms with Crippen molar-refractivity contribution in [1.29, 1.82) is 0 Å². The van der Waals surface area contributed by atoms with Crippen LogP contribution in [-0.2, 0) is 4.74 Å². The Hall–Kier alpha value is -1.98. The molecule has 1 rings (SSSR count). The smallest absolute Gasteiger partial charge is 0.343 e. The summed E-state index contributed by atoms with van der Waals surface area (Å²) in [5, 5.41) is 9.41. The molecule has 0 aliphatic heterocycles. The molecular formula is C10H16N4O2. The molecule has 0 spiro atoms. The first-order valence-corrected chi connectivity index (χ1v) is 4.90. The zero-order chi connectivity index (χ0) is 12.1. The van der Waals surface area contributed by atoms with Gasteiger partial charge in [-0.2, -0.15) is 5.10 Å². The van der Waals surface area contributed by atoms with Crippen LogP contribution in [0.1, 0.15) is 17.3 Å². The van der Waals surface area contributed by atoms with Crippen molar-refractivity contribution in [1.82, 2.24) is 15.1 Å². The highest BCUT2D eigenvalue weighted by Crippen LogP contribution is 2.14. The Morgan fingerprint density at radius 3 is 2.94 bits per heavy atom. The summed E-state index contributed by atoms with van der Waals surface area (Å²) in [6.45, 7) is 5.88. The molecule has 6 heteroatoms. The summed E-state index contributed by atoms with van der Waals surface area (Å²) in [5.41, 5.74) is 0.366. The van der Waals surface area contributed by atoms with Crippen LogP contribution in [0.25, 0.3) is 0 Å². The van der Waals surface area contributed by atoms with E-state index in [0.717, 1.165) is 0 Å². The zero-order valence-corrected chi connectivity index (χ0v) is 9.70. The summed E-state index contributed by atoms with van der Waals surface area (Å²) in [6.07, 6.45) is 1.42. The van der Waals surface area contributed by atoms with Crippen molar-refractivity contribution < 1.29 is 9.53 Å². The standard InChI is InChI=1S/C10H16N4O2/c1-5-16-10(15)8-6-11-13-9(8)12-7(2)14(3)4/h6H,2,5H2,1,3-4H3,(H2,11,12,13). The van der Waals surface area contributed by atoms with E-state index in [1.54, 1.807) is 11.8 Å². The Balaban J connectivity index is 2.78. The Morgan fingerprint density at radius 2 is 2.38 bits per heavy atom. The van der Waals surface area contributed by atoms with E-state index in [2.05, 4.69) is 22.1 Å². The van der Waals surface area contributed by atoms with Crippen molar-refractivity contribution in [3.8, 4) is 0 Å². The van der Waals surface area contributed by atoms with Crippen molar-refractivity contribution in [3.05, 3.63) is 24.2 Å². The number of nitrogens with one attached hydrogen (secondary N) is 2. The predicted molar refractivity (Wildman–Crippen MR) is 61.0 cm³/mol. The molecule has 0 aliphatic rings. The summed E-state index contributed by atoms with van der Waals surface area (Å²) in [7, 11) is 3.69. The molecule has 6 nitrogen and oxygen atoms in total. The first-order valence-electron chi connectivity index (χ1n) is 4.90. The lowest BCUT2D eigenvalue weighted by Gasteiger charge is -2.16. The molecule has 1 aromatic heterocycles. The molecule has 2 N–H and O–H groups in total. The van der Waals surface area contributed by atoms with Gasteiger partial charge >= 0.3 is 5.97 Å². The summed E-state index contributed by atoms with van der Waals surface area (Å²) < 4.78 is 4.89. The average molecular weight is 224 g/mol. The number of aromatic amines is 1. The van der Waals surface area contributed by atoms with Crippen molar-refractivity contribution in [2.75, 3.05) is 26.0 Å². The molecule has 0 fully saturated rings. The number of hydrogen-bond donors (Lipinski definition) is 2. The second-order valence-electron chi connectivity index (χ2n) is 3.35. The fourth-order valence-electron chi connectivity index (χ4n) is 1.00. The maximum Gasteiger partial charge on any atom is 0.343 e. The summed E-state index contributed by atoms with van der Waals surface area (Å²) >= 11 is 0. The number of anilines is 1. The molecule has 0 aliphatic carbocycles. The third-order valence-electron chi connectivity index (χ3n) is 1.94. The van der Waals surface area contributed by atoms with Gasteiger partial charge in [0.1, 0.15) is 11.4 Å². The summed E-state index contributed by atoms with van der Waals surface area (Å²) in [4.78, 5) is 13.3. The van der Waals surface area contributed by atoms with Crippen molar-refractivity contribution in [2.45, 2.75) is 6.92 Å². The van der Waals surface area contributed by atoms with Gasteiger partial charge in [-0.25, -0.2) is 4.79 Å². The van der Waals surface area contributed by atoms with Crippen LogP contribution in [0.2, 0.25) is 0 Å². The molecule has 16 heavy (non-hydrogen) atoms. The minimum atomic E-state index is -0.412. The molecule has 88 valence electrons. The van der Waals surface area contributed by atoms with E-state index in [9.17, 15) is 4.79 Å². The Morgan fingerprint density at radius 1 is 1.69 bits per heavy atom. The number of carbonyl (C=O) groups is 1.